The predicted octanol–water partition coefficient (Wildman–Crippen LogP) is 3.20. The molecular formula is C22H23F2N3O7. The van der Waals surface area contributed by atoms with Crippen molar-refractivity contribution in [3.63, 3.8) is 0 Å². The molecule has 0 aliphatic carbocycles. The smallest absolute Gasteiger partial charge is 0.387 e. The highest BCUT2D eigenvalue weighted by atomic mass is 19.3. The number of hydrogen-bond acceptors (Lipinski definition) is 7. The summed E-state index contributed by atoms with van der Waals surface area (Å²) >= 11 is 0. The van der Waals surface area contributed by atoms with Crippen molar-refractivity contribution in [1.82, 2.24) is 9.80 Å². The molecular weight excluding hydrogens is 456 g/mol. The molecule has 0 N–H and O–H groups in total. The summed E-state index contributed by atoms with van der Waals surface area (Å²) in [5, 5.41) is 11.6. The van der Waals surface area contributed by atoms with Crippen LogP contribution in [-0.4, -0.2) is 73.0 Å². The molecule has 0 saturated carbocycles. The number of amides is 2. The monoisotopic (exact) mass is 479 g/mol. The number of carbonyl (C=O) groups is 2. The molecule has 1 saturated heterocycles. The number of nitro benzene ring substituents is 1. The molecule has 1 heterocycles. The van der Waals surface area contributed by atoms with Crippen molar-refractivity contribution < 1.29 is 37.5 Å². The maximum absolute atomic E-state index is 13.1. The van der Waals surface area contributed by atoms with E-state index in [0.29, 0.717) is 0 Å². The topological polar surface area (TPSA) is 111 Å². The van der Waals surface area contributed by atoms with Crippen molar-refractivity contribution in [2.45, 2.75) is 13.5 Å². The second-order valence-electron chi connectivity index (χ2n) is 7.17. The zero-order valence-electron chi connectivity index (χ0n) is 18.5. The fourth-order valence-corrected chi connectivity index (χ4v) is 3.59. The van der Waals surface area contributed by atoms with Gasteiger partial charge in [0.15, 0.2) is 11.5 Å². The number of ether oxygens (including phenoxy) is 3. The van der Waals surface area contributed by atoms with Gasteiger partial charge in [0.05, 0.1) is 30.3 Å². The van der Waals surface area contributed by atoms with Gasteiger partial charge in [-0.1, -0.05) is 12.1 Å². The molecule has 1 aliphatic heterocycles. The molecule has 1 aliphatic rings. The number of para-hydroxylation sites is 1. The standard InChI is InChI=1S/C22H23F2N3O7/c1-3-33-19-12-15(16(27(30)31)13-18(19)32-2)21(29)26-10-8-25(9-11-26)20(28)14-6-4-5-7-17(14)34-22(23)24/h4-7,12-13,22H,3,8-11H2,1-2H3. The Labute approximate surface area is 193 Å². The molecule has 0 bridgehead atoms. The van der Waals surface area contributed by atoms with Gasteiger partial charge in [-0.3, -0.25) is 19.7 Å². The van der Waals surface area contributed by atoms with Gasteiger partial charge in [-0.15, -0.1) is 0 Å². The van der Waals surface area contributed by atoms with Crippen LogP contribution >= 0.6 is 0 Å². The Kier molecular flexibility index (Phi) is 7.82. The number of carbonyl (C=O) groups excluding carboxylic acids is 2. The molecule has 1 fully saturated rings. The maximum atomic E-state index is 13.1. The minimum Gasteiger partial charge on any atom is -0.493 e. The highest BCUT2D eigenvalue weighted by Gasteiger charge is 2.32. The van der Waals surface area contributed by atoms with Gasteiger partial charge in [0.2, 0.25) is 0 Å². The van der Waals surface area contributed by atoms with E-state index < -0.39 is 29.0 Å². The predicted molar refractivity (Wildman–Crippen MR) is 116 cm³/mol. The van der Waals surface area contributed by atoms with Crippen LogP contribution in [0, 0.1) is 10.1 Å². The van der Waals surface area contributed by atoms with Gasteiger partial charge < -0.3 is 24.0 Å². The summed E-state index contributed by atoms with van der Waals surface area (Å²) in [6, 6.07) is 8.08. The first kappa shape index (κ1) is 24.7. The quantitative estimate of drug-likeness (QED) is 0.422. The Balaban J connectivity index is 1.77. The number of halogens is 2. The summed E-state index contributed by atoms with van der Waals surface area (Å²) in [5.74, 6) is -1.02. The Hall–Kier alpha value is -3.96. The summed E-state index contributed by atoms with van der Waals surface area (Å²) in [6.45, 7) is -0.690. The van der Waals surface area contributed by atoms with Crippen molar-refractivity contribution in [3.05, 3.63) is 57.6 Å². The van der Waals surface area contributed by atoms with Crippen molar-refractivity contribution in [3.8, 4) is 17.2 Å². The first-order valence-corrected chi connectivity index (χ1v) is 10.4. The van der Waals surface area contributed by atoms with Crippen LogP contribution in [0.2, 0.25) is 0 Å². The van der Waals surface area contributed by atoms with E-state index in [0.717, 1.165) is 6.07 Å². The van der Waals surface area contributed by atoms with Crippen LogP contribution in [0.3, 0.4) is 0 Å². The molecule has 2 aromatic rings. The van der Waals surface area contributed by atoms with E-state index in [2.05, 4.69) is 4.74 Å². The average Bonchev–Trinajstić information content (AvgIpc) is 2.83. The number of benzene rings is 2. The van der Waals surface area contributed by atoms with E-state index >= 15 is 0 Å². The van der Waals surface area contributed by atoms with Gasteiger partial charge in [0.25, 0.3) is 17.5 Å². The van der Waals surface area contributed by atoms with E-state index in [4.69, 9.17) is 9.47 Å². The van der Waals surface area contributed by atoms with Crippen molar-refractivity contribution >= 4 is 17.5 Å². The molecule has 0 atom stereocenters. The van der Waals surface area contributed by atoms with Crippen LogP contribution in [0.1, 0.15) is 27.6 Å². The second-order valence-corrected chi connectivity index (χ2v) is 7.17. The number of nitrogens with zero attached hydrogens (tertiary/aromatic N) is 3. The Morgan fingerprint density at radius 3 is 2.12 bits per heavy atom. The highest BCUT2D eigenvalue weighted by molar-refractivity contribution is 6.00. The highest BCUT2D eigenvalue weighted by Crippen LogP contribution is 2.35. The van der Waals surface area contributed by atoms with Gasteiger partial charge in [0.1, 0.15) is 11.3 Å². The molecule has 2 aromatic carbocycles. The lowest BCUT2D eigenvalue weighted by atomic mass is 10.1. The third kappa shape index (κ3) is 5.33. The van der Waals surface area contributed by atoms with Crippen LogP contribution in [0.25, 0.3) is 0 Å². The van der Waals surface area contributed by atoms with Gasteiger partial charge >= 0.3 is 6.61 Å². The lowest BCUT2D eigenvalue weighted by molar-refractivity contribution is -0.385. The van der Waals surface area contributed by atoms with Crippen molar-refractivity contribution in [2.75, 3.05) is 39.9 Å². The molecule has 0 unspecified atom stereocenters. The van der Waals surface area contributed by atoms with Gasteiger partial charge in [-0.05, 0) is 19.1 Å². The minimum atomic E-state index is -3.08. The van der Waals surface area contributed by atoms with Crippen LogP contribution in [0.15, 0.2) is 36.4 Å². The number of nitro groups is 1. The summed E-state index contributed by atoms with van der Waals surface area (Å²) < 4.78 is 40.3. The zero-order valence-corrected chi connectivity index (χ0v) is 18.5. The summed E-state index contributed by atoms with van der Waals surface area (Å²) in [6.07, 6.45) is 0. The average molecular weight is 479 g/mol. The summed E-state index contributed by atoms with van der Waals surface area (Å²) in [5.41, 5.74) is -0.610. The molecule has 182 valence electrons. The lowest BCUT2D eigenvalue weighted by Crippen LogP contribution is -2.50. The number of piperazine rings is 1. The zero-order chi connectivity index (χ0) is 24.8. The van der Waals surface area contributed by atoms with Crippen LogP contribution < -0.4 is 14.2 Å². The van der Waals surface area contributed by atoms with Crippen LogP contribution in [0.5, 0.6) is 17.2 Å². The first-order valence-electron chi connectivity index (χ1n) is 10.4. The molecule has 0 spiro atoms. The SMILES string of the molecule is CCOc1cc(C(=O)N2CCN(C(=O)c3ccccc3OC(F)F)CC2)c([N+](=O)[O-])cc1OC. The third-order valence-electron chi connectivity index (χ3n) is 5.20. The van der Waals surface area contributed by atoms with E-state index in [1.807, 2.05) is 0 Å². The summed E-state index contributed by atoms with van der Waals surface area (Å²) in [4.78, 5) is 39.7. The van der Waals surface area contributed by atoms with Crippen molar-refractivity contribution in [1.29, 1.82) is 0 Å². The molecule has 2 amide bonds. The number of hydrogen-bond donors (Lipinski definition) is 0. The van der Waals surface area contributed by atoms with Gasteiger partial charge in [0, 0.05) is 32.2 Å². The maximum Gasteiger partial charge on any atom is 0.387 e. The van der Waals surface area contributed by atoms with E-state index in [9.17, 15) is 28.5 Å². The molecule has 3 rings (SSSR count). The van der Waals surface area contributed by atoms with Gasteiger partial charge in [-0.25, -0.2) is 0 Å². The first-order chi connectivity index (χ1) is 16.3. The molecule has 12 heteroatoms. The van der Waals surface area contributed by atoms with Crippen LogP contribution in [0.4, 0.5) is 14.5 Å². The number of rotatable bonds is 8. The Morgan fingerprint density at radius 1 is 1.00 bits per heavy atom. The third-order valence-corrected chi connectivity index (χ3v) is 5.20. The fourth-order valence-electron chi connectivity index (χ4n) is 3.59. The normalized spacial score (nSPS) is 13.6. The van der Waals surface area contributed by atoms with Crippen molar-refractivity contribution in [2.24, 2.45) is 0 Å². The second kappa shape index (κ2) is 10.8. The van der Waals surface area contributed by atoms with E-state index in [-0.39, 0.29) is 61.2 Å². The molecule has 0 radical (unpaired) electrons. The van der Waals surface area contributed by atoms with Gasteiger partial charge in [-0.2, -0.15) is 8.78 Å². The van der Waals surface area contributed by atoms with E-state index in [1.165, 1.54) is 47.2 Å². The minimum absolute atomic E-state index is 0.0188. The molecule has 0 aromatic heterocycles. The Morgan fingerprint density at radius 2 is 1.59 bits per heavy atom. The number of methoxy groups -OCH3 is 1. The largest absolute Gasteiger partial charge is 0.493 e. The fraction of sp³-hybridized carbons (Fsp3) is 0.364. The lowest BCUT2D eigenvalue weighted by Gasteiger charge is -2.35. The molecule has 10 nitrogen and oxygen atoms in total. The number of alkyl halides is 2. The molecule has 34 heavy (non-hydrogen) atoms. The Bertz CT molecular complexity index is 1070. The summed E-state index contributed by atoms with van der Waals surface area (Å²) in [7, 11) is 1.34. The van der Waals surface area contributed by atoms with E-state index in [1.54, 1.807) is 6.92 Å². The van der Waals surface area contributed by atoms with Crippen LogP contribution in [-0.2, 0) is 0 Å².